The molecule has 94 valence electrons. The highest BCUT2D eigenvalue weighted by atomic mass is 35.5. The lowest BCUT2D eigenvalue weighted by atomic mass is 9.98. The molecule has 0 saturated heterocycles. The third-order valence-corrected chi connectivity index (χ3v) is 3.28. The Morgan fingerprint density at radius 3 is 2.39 bits per heavy atom. The lowest BCUT2D eigenvalue weighted by Gasteiger charge is -2.13. The van der Waals surface area contributed by atoms with Crippen LogP contribution in [0.25, 0.3) is 11.1 Å². The number of rotatable bonds is 2. The zero-order valence-corrected chi connectivity index (χ0v) is 11.1. The molecule has 0 fully saturated rings. The summed E-state index contributed by atoms with van der Waals surface area (Å²) in [7, 11) is 0. The molecule has 0 unspecified atom stereocenters. The highest BCUT2D eigenvalue weighted by Crippen LogP contribution is 2.32. The Labute approximate surface area is 111 Å². The van der Waals surface area contributed by atoms with Crippen molar-refractivity contribution in [2.75, 3.05) is 0 Å². The van der Waals surface area contributed by atoms with Gasteiger partial charge < -0.3 is 10.2 Å². The molecule has 0 atom stereocenters. The lowest BCUT2D eigenvalue weighted by Crippen LogP contribution is -1.99. The van der Waals surface area contributed by atoms with Gasteiger partial charge in [-0.2, -0.15) is 0 Å². The Hall–Kier alpha value is -1.35. The molecule has 18 heavy (non-hydrogen) atoms. The van der Waals surface area contributed by atoms with E-state index < -0.39 is 6.29 Å². The van der Waals surface area contributed by atoms with Gasteiger partial charge in [-0.25, -0.2) is 0 Å². The van der Waals surface area contributed by atoms with Crippen molar-refractivity contribution in [1.29, 1.82) is 0 Å². The van der Waals surface area contributed by atoms with E-state index in [0.29, 0.717) is 10.6 Å². The molecule has 2 aromatic rings. The van der Waals surface area contributed by atoms with Gasteiger partial charge in [0.15, 0.2) is 6.29 Å². The van der Waals surface area contributed by atoms with Gasteiger partial charge in [0.05, 0.1) is 0 Å². The van der Waals surface area contributed by atoms with E-state index in [1.807, 2.05) is 38.1 Å². The van der Waals surface area contributed by atoms with Crippen LogP contribution in [-0.2, 0) is 0 Å². The van der Waals surface area contributed by atoms with Crippen molar-refractivity contribution in [1.82, 2.24) is 0 Å². The zero-order valence-electron chi connectivity index (χ0n) is 10.3. The summed E-state index contributed by atoms with van der Waals surface area (Å²) in [5.74, 6) is 0. The molecule has 0 heterocycles. The maximum atomic E-state index is 9.23. The van der Waals surface area contributed by atoms with Gasteiger partial charge in [0.1, 0.15) is 0 Å². The average molecular weight is 263 g/mol. The van der Waals surface area contributed by atoms with Gasteiger partial charge in [-0.3, -0.25) is 0 Å². The van der Waals surface area contributed by atoms with E-state index in [-0.39, 0.29) is 0 Å². The molecule has 0 amide bonds. The Morgan fingerprint density at radius 1 is 1.06 bits per heavy atom. The van der Waals surface area contributed by atoms with Gasteiger partial charge in [0.2, 0.25) is 0 Å². The largest absolute Gasteiger partial charge is 0.364 e. The summed E-state index contributed by atoms with van der Waals surface area (Å²) in [6.07, 6.45) is -1.49. The van der Waals surface area contributed by atoms with Crippen LogP contribution in [0, 0.1) is 13.8 Å². The third-order valence-electron chi connectivity index (χ3n) is 2.96. The van der Waals surface area contributed by atoms with Crippen LogP contribution in [0.3, 0.4) is 0 Å². The van der Waals surface area contributed by atoms with Gasteiger partial charge in [0, 0.05) is 16.1 Å². The molecule has 2 rings (SSSR count). The van der Waals surface area contributed by atoms with Crippen molar-refractivity contribution in [3.8, 4) is 11.1 Å². The first-order valence-corrected chi connectivity index (χ1v) is 6.10. The molecule has 0 saturated carbocycles. The quantitative estimate of drug-likeness (QED) is 0.812. The molecule has 0 aromatic heterocycles. The maximum Gasteiger partial charge on any atom is 0.178 e. The number of aliphatic hydroxyl groups excluding tert-OH is 1. The van der Waals surface area contributed by atoms with E-state index >= 15 is 0 Å². The van der Waals surface area contributed by atoms with Gasteiger partial charge in [-0.1, -0.05) is 41.4 Å². The molecular weight excluding hydrogens is 248 g/mol. The predicted octanol–water partition coefficient (Wildman–Crippen LogP) is 3.61. The summed E-state index contributed by atoms with van der Waals surface area (Å²) < 4.78 is 0. The van der Waals surface area contributed by atoms with Gasteiger partial charge >= 0.3 is 0 Å². The molecule has 2 N–H and O–H groups in total. The number of aliphatic hydroxyl groups is 2. The first-order chi connectivity index (χ1) is 8.49. The van der Waals surface area contributed by atoms with Crippen LogP contribution in [-0.4, -0.2) is 10.2 Å². The van der Waals surface area contributed by atoms with Crippen LogP contribution in [0.4, 0.5) is 0 Å². The number of aryl methyl sites for hydroxylation is 2. The summed E-state index contributed by atoms with van der Waals surface area (Å²) in [6, 6.07) is 11.5. The van der Waals surface area contributed by atoms with Crippen LogP contribution in [0.1, 0.15) is 23.0 Å². The molecule has 2 nitrogen and oxygen atoms in total. The van der Waals surface area contributed by atoms with Crippen molar-refractivity contribution < 1.29 is 10.2 Å². The van der Waals surface area contributed by atoms with Crippen molar-refractivity contribution >= 4 is 11.6 Å². The SMILES string of the molecule is Cc1cccc(-c2cc(C)c(C(O)O)cc2Cl)c1. The van der Waals surface area contributed by atoms with E-state index in [1.54, 1.807) is 6.07 Å². The summed E-state index contributed by atoms with van der Waals surface area (Å²) in [5, 5.41) is 19.0. The number of benzene rings is 2. The molecule has 0 spiro atoms. The summed E-state index contributed by atoms with van der Waals surface area (Å²) >= 11 is 6.21. The smallest absolute Gasteiger partial charge is 0.178 e. The topological polar surface area (TPSA) is 40.5 Å². The van der Waals surface area contributed by atoms with Gasteiger partial charge in [-0.05, 0) is 37.1 Å². The second-order valence-electron chi connectivity index (χ2n) is 4.43. The van der Waals surface area contributed by atoms with Crippen molar-refractivity contribution in [2.45, 2.75) is 20.1 Å². The fourth-order valence-corrected chi connectivity index (χ4v) is 2.29. The normalized spacial score (nSPS) is 11.0. The monoisotopic (exact) mass is 262 g/mol. The van der Waals surface area contributed by atoms with E-state index in [9.17, 15) is 10.2 Å². The van der Waals surface area contributed by atoms with Crippen molar-refractivity contribution in [3.63, 3.8) is 0 Å². The second kappa shape index (κ2) is 5.11. The van der Waals surface area contributed by atoms with E-state index in [1.165, 1.54) is 0 Å². The summed E-state index contributed by atoms with van der Waals surface area (Å²) in [6.45, 7) is 3.86. The van der Waals surface area contributed by atoms with Crippen molar-refractivity contribution in [2.24, 2.45) is 0 Å². The molecule has 0 bridgehead atoms. The number of halogens is 1. The van der Waals surface area contributed by atoms with E-state index in [2.05, 4.69) is 6.07 Å². The molecule has 0 aliphatic carbocycles. The van der Waals surface area contributed by atoms with Crippen LogP contribution in [0.5, 0.6) is 0 Å². The summed E-state index contributed by atoms with van der Waals surface area (Å²) in [5.41, 5.74) is 4.35. The average Bonchev–Trinajstić information content (AvgIpc) is 2.31. The van der Waals surface area contributed by atoms with Crippen LogP contribution >= 0.6 is 11.6 Å². The summed E-state index contributed by atoms with van der Waals surface area (Å²) in [4.78, 5) is 0. The van der Waals surface area contributed by atoms with Crippen molar-refractivity contribution in [3.05, 3.63) is 58.1 Å². The number of hydrogen-bond donors (Lipinski definition) is 2. The first-order valence-electron chi connectivity index (χ1n) is 5.72. The van der Waals surface area contributed by atoms with Crippen LogP contribution in [0.2, 0.25) is 5.02 Å². The third kappa shape index (κ3) is 2.56. The molecule has 0 aliphatic rings. The fourth-order valence-electron chi connectivity index (χ4n) is 2.01. The Bertz CT molecular complexity index is 577. The standard InChI is InChI=1S/C15H15ClO2/c1-9-4-3-5-11(6-9)13-7-10(2)12(15(17)18)8-14(13)16/h3-8,15,17-18H,1-2H3. The Balaban J connectivity index is 2.56. The van der Waals surface area contributed by atoms with Crippen LogP contribution in [0.15, 0.2) is 36.4 Å². The zero-order chi connectivity index (χ0) is 13.3. The fraction of sp³-hybridized carbons (Fsp3) is 0.200. The highest BCUT2D eigenvalue weighted by Gasteiger charge is 2.12. The lowest BCUT2D eigenvalue weighted by molar-refractivity contribution is -0.0429. The molecule has 0 aliphatic heterocycles. The van der Waals surface area contributed by atoms with Crippen LogP contribution < -0.4 is 0 Å². The highest BCUT2D eigenvalue weighted by molar-refractivity contribution is 6.33. The molecular formula is C15H15ClO2. The Morgan fingerprint density at radius 2 is 1.78 bits per heavy atom. The van der Waals surface area contributed by atoms with E-state index in [4.69, 9.17) is 11.6 Å². The minimum absolute atomic E-state index is 0.441. The predicted molar refractivity (Wildman–Crippen MR) is 73.5 cm³/mol. The number of hydrogen-bond acceptors (Lipinski definition) is 2. The van der Waals surface area contributed by atoms with E-state index in [0.717, 1.165) is 22.3 Å². The second-order valence-corrected chi connectivity index (χ2v) is 4.84. The maximum absolute atomic E-state index is 9.23. The minimum atomic E-state index is -1.49. The molecule has 3 heteroatoms. The van der Waals surface area contributed by atoms with Gasteiger partial charge in [-0.15, -0.1) is 0 Å². The minimum Gasteiger partial charge on any atom is -0.364 e. The van der Waals surface area contributed by atoms with Gasteiger partial charge in [0.25, 0.3) is 0 Å². The Kier molecular flexibility index (Phi) is 3.71. The first kappa shape index (κ1) is 13.1. The molecule has 0 radical (unpaired) electrons. The molecule has 2 aromatic carbocycles.